The zero-order chi connectivity index (χ0) is 19.6. The number of nitrogens with one attached hydrogen (secondary N) is 1. The van der Waals surface area contributed by atoms with Gasteiger partial charge in [0, 0.05) is 36.9 Å². The maximum Gasteiger partial charge on any atom is 0.317 e. The van der Waals surface area contributed by atoms with E-state index in [-0.39, 0.29) is 6.03 Å². The molecule has 146 valence electrons. The van der Waals surface area contributed by atoms with Gasteiger partial charge in [-0.25, -0.2) is 4.79 Å². The molecule has 2 aromatic heterocycles. The number of hydrogen-bond donors (Lipinski definition) is 1. The van der Waals surface area contributed by atoms with Crippen LogP contribution in [-0.4, -0.2) is 36.1 Å². The first-order valence-corrected chi connectivity index (χ1v) is 10.2. The number of aromatic nitrogens is 1. The molecule has 2 heterocycles. The molecule has 0 aliphatic carbocycles. The van der Waals surface area contributed by atoms with E-state index in [1.807, 2.05) is 53.6 Å². The minimum atomic E-state index is -0.0473. The maximum atomic E-state index is 12.8. The number of methoxy groups -OCH3 is 1. The van der Waals surface area contributed by atoms with Crippen molar-refractivity contribution in [2.45, 2.75) is 19.4 Å². The molecule has 0 fully saturated rings. The average Bonchev–Trinajstić information content (AvgIpc) is 3.26. The molecule has 1 aromatic carbocycles. The van der Waals surface area contributed by atoms with E-state index in [9.17, 15) is 4.79 Å². The van der Waals surface area contributed by atoms with E-state index in [2.05, 4.69) is 21.7 Å². The van der Waals surface area contributed by atoms with Crippen molar-refractivity contribution in [3.63, 3.8) is 0 Å². The third-order valence-electron chi connectivity index (χ3n) is 4.44. The summed E-state index contributed by atoms with van der Waals surface area (Å²) in [5.41, 5.74) is 2.19. The van der Waals surface area contributed by atoms with Gasteiger partial charge in [0.1, 0.15) is 5.75 Å². The highest BCUT2D eigenvalue weighted by Crippen LogP contribution is 2.13. The van der Waals surface area contributed by atoms with Gasteiger partial charge < -0.3 is 15.0 Å². The second-order valence-electron chi connectivity index (χ2n) is 6.44. The number of urea groups is 1. The van der Waals surface area contributed by atoms with E-state index < -0.39 is 0 Å². The predicted octanol–water partition coefficient (Wildman–Crippen LogP) is 4.15. The number of pyridine rings is 1. The van der Waals surface area contributed by atoms with Crippen molar-refractivity contribution in [2.75, 3.05) is 20.2 Å². The van der Waals surface area contributed by atoms with Crippen molar-refractivity contribution in [3.05, 3.63) is 82.3 Å². The molecule has 0 radical (unpaired) electrons. The molecular formula is C22H25N3O2S. The Morgan fingerprint density at radius 1 is 1.11 bits per heavy atom. The number of nitrogens with zero attached hydrogens (tertiary/aromatic N) is 2. The Morgan fingerprint density at radius 3 is 2.64 bits per heavy atom. The van der Waals surface area contributed by atoms with Crippen molar-refractivity contribution in [1.29, 1.82) is 0 Å². The Hall–Kier alpha value is -2.86. The van der Waals surface area contributed by atoms with E-state index in [1.165, 1.54) is 10.4 Å². The highest BCUT2D eigenvalue weighted by atomic mass is 32.1. The second kappa shape index (κ2) is 10.5. The fraction of sp³-hybridized carbons (Fsp3) is 0.273. The SMILES string of the molecule is COc1ccc(CCNC(=O)N(CCc2cccs2)Cc2cccnc2)cc1. The monoisotopic (exact) mass is 395 g/mol. The summed E-state index contributed by atoms with van der Waals surface area (Å²) >= 11 is 1.72. The summed E-state index contributed by atoms with van der Waals surface area (Å²) in [4.78, 5) is 20.1. The number of ether oxygens (including phenoxy) is 1. The first kappa shape index (κ1) is 19.9. The number of benzene rings is 1. The van der Waals surface area contributed by atoms with Gasteiger partial charge in [-0.1, -0.05) is 24.3 Å². The van der Waals surface area contributed by atoms with Crippen LogP contribution in [0.25, 0.3) is 0 Å². The second-order valence-corrected chi connectivity index (χ2v) is 7.47. The topological polar surface area (TPSA) is 54.5 Å². The number of carbonyl (C=O) groups excluding carboxylic acids is 1. The van der Waals surface area contributed by atoms with Gasteiger partial charge in [-0.05, 0) is 53.6 Å². The van der Waals surface area contributed by atoms with E-state index in [4.69, 9.17) is 4.74 Å². The molecule has 3 aromatic rings. The van der Waals surface area contributed by atoms with Crippen LogP contribution in [0.1, 0.15) is 16.0 Å². The molecule has 28 heavy (non-hydrogen) atoms. The van der Waals surface area contributed by atoms with Gasteiger partial charge in [0.25, 0.3) is 0 Å². The molecule has 0 saturated carbocycles. The van der Waals surface area contributed by atoms with Crippen LogP contribution in [0.15, 0.2) is 66.3 Å². The van der Waals surface area contributed by atoms with E-state index in [0.29, 0.717) is 19.6 Å². The van der Waals surface area contributed by atoms with Crippen molar-refractivity contribution < 1.29 is 9.53 Å². The van der Waals surface area contributed by atoms with Crippen molar-refractivity contribution >= 4 is 17.4 Å². The molecule has 0 bridgehead atoms. The lowest BCUT2D eigenvalue weighted by atomic mass is 10.1. The lowest BCUT2D eigenvalue weighted by Crippen LogP contribution is -2.41. The summed E-state index contributed by atoms with van der Waals surface area (Å²) in [5.74, 6) is 0.837. The molecule has 6 heteroatoms. The molecule has 0 spiro atoms. The molecule has 2 amide bonds. The van der Waals surface area contributed by atoms with Gasteiger partial charge in [-0.15, -0.1) is 11.3 Å². The molecule has 0 unspecified atom stereocenters. The Balaban J connectivity index is 1.55. The third-order valence-corrected chi connectivity index (χ3v) is 5.38. The van der Waals surface area contributed by atoms with Gasteiger partial charge in [0.15, 0.2) is 0 Å². The van der Waals surface area contributed by atoms with Crippen LogP contribution in [0.5, 0.6) is 5.75 Å². The van der Waals surface area contributed by atoms with Crippen molar-refractivity contribution in [2.24, 2.45) is 0 Å². The molecule has 0 aliphatic heterocycles. The van der Waals surface area contributed by atoms with Gasteiger partial charge in [0.05, 0.1) is 7.11 Å². The van der Waals surface area contributed by atoms with Crippen LogP contribution in [0.3, 0.4) is 0 Å². The largest absolute Gasteiger partial charge is 0.497 e. The van der Waals surface area contributed by atoms with Crippen molar-refractivity contribution in [3.8, 4) is 5.75 Å². The molecule has 3 rings (SSSR count). The standard InChI is InChI=1S/C22H25N3O2S/c1-27-20-8-6-18(7-9-20)10-13-24-22(26)25(14-11-21-5-3-15-28-21)17-19-4-2-12-23-16-19/h2-9,12,15-16H,10-11,13-14,17H2,1H3,(H,24,26). The van der Waals surface area contributed by atoms with E-state index in [0.717, 1.165) is 24.2 Å². The number of amides is 2. The number of thiophene rings is 1. The molecule has 0 aliphatic rings. The van der Waals surface area contributed by atoms with Gasteiger partial charge in [0.2, 0.25) is 0 Å². The lowest BCUT2D eigenvalue weighted by Gasteiger charge is -2.23. The molecule has 5 nitrogen and oxygen atoms in total. The quantitative estimate of drug-likeness (QED) is 0.592. The van der Waals surface area contributed by atoms with Crippen LogP contribution in [-0.2, 0) is 19.4 Å². The van der Waals surface area contributed by atoms with E-state index in [1.54, 1.807) is 24.6 Å². The number of carbonyl (C=O) groups is 1. The fourth-order valence-electron chi connectivity index (χ4n) is 2.88. The molecular weight excluding hydrogens is 370 g/mol. The maximum absolute atomic E-state index is 12.8. The normalized spacial score (nSPS) is 10.5. The summed E-state index contributed by atoms with van der Waals surface area (Å²) in [6.45, 7) is 1.81. The molecule has 0 saturated heterocycles. The highest BCUT2D eigenvalue weighted by Gasteiger charge is 2.14. The zero-order valence-corrected chi connectivity index (χ0v) is 16.8. The zero-order valence-electron chi connectivity index (χ0n) is 16.0. The number of rotatable bonds is 9. The Bertz CT molecular complexity index is 836. The minimum Gasteiger partial charge on any atom is -0.497 e. The summed E-state index contributed by atoms with van der Waals surface area (Å²) < 4.78 is 5.18. The highest BCUT2D eigenvalue weighted by molar-refractivity contribution is 7.09. The Kier molecular flexibility index (Phi) is 7.44. The lowest BCUT2D eigenvalue weighted by molar-refractivity contribution is 0.196. The number of hydrogen-bond acceptors (Lipinski definition) is 4. The Morgan fingerprint density at radius 2 is 1.96 bits per heavy atom. The Labute approximate surface area is 170 Å². The van der Waals surface area contributed by atoms with Crippen molar-refractivity contribution in [1.82, 2.24) is 15.2 Å². The summed E-state index contributed by atoms with van der Waals surface area (Å²) in [6, 6.07) is 15.9. The minimum absolute atomic E-state index is 0.0473. The first-order valence-electron chi connectivity index (χ1n) is 9.31. The van der Waals surface area contributed by atoms with Crippen LogP contribution >= 0.6 is 11.3 Å². The van der Waals surface area contributed by atoms with Crippen LogP contribution in [0.2, 0.25) is 0 Å². The first-order chi connectivity index (χ1) is 13.7. The van der Waals surface area contributed by atoms with Gasteiger partial charge >= 0.3 is 6.03 Å². The average molecular weight is 396 g/mol. The van der Waals surface area contributed by atoms with Crippen LogP contribution in [0.4, 0.5) is 4.79 Å². The van der Waals surface area contributed by atoms with Crippen LogP contribution in [0, 0.1) is 0 Å². The van der Waals surface area contributed by atoms with E-state index >= 15 is 0 Å². The van der Waals surface area contributed by atoms with Gasteiger partial charge in [-0.3, -0.25) is 4.98 Å². The summed E-state index contributed by atoms with van der Waals surface area (Å²) in [5, 5.41) is 5.11. The summed E-state index contributed by atoms with van der Waals surface area (Å²) in [6.07, 6.45) is 5.18. The predicted molar refractivity (Wildman–Crippen MR) is 113 cm³/mol. The third kappa shape index (κ3) is 6.09. The van der Waals surface area contributed by atoms with Gasteiger partial charge in [-0.2, -0.15) is 0 Å². The van der Waals surface area contributed by atoms with Crippen LogP contribution < -0.4 is 10.1 Å². The smallest absolute Gasteiger partial charge is 0.317 e. The molecule has 1 N–H and O–H groups in total. The fourth-order valence-corrected chi connectivity index (χ4v) is 3.58. The molecule has 0 atom stereocenters. The summed E-state index contributed by atoms with van der Waals surface area (Å²) in [7, 11) is 1.66.